The van der Waals surface area contributed by atoms with Gasteiger partial charge in [0.15, 0.2) is 5.82 Å². The van der Waals surface area contributed by atoms with E-state index in [-0.39, 0.29) is 16.8 Å². The summed E-state index contributed by atoms with van der Waals surface area (Å²) in [7, 11) is -3.45. The average molecular weight is 485 g/mol. The molecule has 2 aromatic heterocycles. The fourth-order valence-electron chi connectivity index (χ4n) is 3.77. The van der Waals surface area contributed by atoms with Gasteiger partial charge in [0.1, 0.15) is 23.2 Å². The van der Waals surface area contributed by atoms with Crippen LogP contribution in [0.1, 0.15) is 18.4 Å². The van der Waals surface area contributed by atoms with E-state index >= 15 is 0 Å². The number of aromatic amines is 1. The Kier molecular flexibility index (Phi) is 5.04. The van der Waals surface area contributed by atoms with Crippen LogP contribution in [0.5, 0.6) is 0 Å². The number of benzene rings is 1. The highest BCUT2D eigenvalue weighted by molar-refractivity contribution is 7.89. The Hall–Kier alpha value is -2.68. The Labute approximate surface area is 175 Å². The number of nitrogens with zero attached hydrogens (tertiary/aromatic N) is 4. The maximum Gasteiger partial charge on any atom is 0.417 e. The predicted molar refractivity (Wildman–Crippen MR) is 96.2 cm³/mol. The van der Waals surface area contributed by atoms with Gasteiger partial charge in [0, 0.05) is 24.5 Å². The van der Waals surface area contributed by atoms with E-state index in [4.69, 9.17) is 0 Å². The molecule has 0 unspecified atom stereocenters. The van der Waals surface area contributed by atoms with Gasteiger partial charge in [-0.25, -0.2) is 17.8 Å². The van der Waals surface area contributed by atoms with Gasteiger partial charge in [-0.2, -0.15) is 35.7 Å². The van der Waals surface area contributed by atoms with Crippen LogP contribution in [-0.2, 0) is 23.2 Å². The zero-order chi connectivity index (χ0) is 23.6. The second-order valence-corrected chi connectivity index (χ2v) is 9.12. The van der Waals surface area contributed by atoms with Crippen molar-refractivity contribution in [3.8, 4) is 11.4 Å². The molecule has 3 heterocycles. The molecule has 0 saturated carbocycles. The molecule has 1 fully saturated rings. The summed E-state index contributed by atoms with van der Waals surface area (Å²) in [6.07, 6.45) is -9.31. The summed E-state index contributed by atoms with van der Waals surface area (Å²) >= 11 is 0. The number of hydrogen-bond donors (Lipinski definition) is 1. The summed E-state index contributed by atoms with van der Waals surface area (Å²) in [6.45, 7) is -0.438. The smallest absolute Gasteiger partial charge is 0.342 e. The van der Waals surface area contributed by atoms with Crippen molar-refractivity contribution in [1.29, 1.82) is 0 Å². The van der Waals surface area contributed by atoms with Crippen LogP contribution in [0.25, 0.3) is 22.3 Å². The number of nitrogens with one attached hydrogen (secondary N) is 1. The predicted octanol–water partition coefficient (Wildman–Crippen LogP) is 3.84. The van der Waals surface area contributed by atoms with Gasteiger partial charge >= 0.3 is 12.4 Å². The van der Waals surface area contributed by atoms with Gasteiger partial charge < -0.3 is 4.98 Å². The number of fused-ring (bicyclic) bond motifs is 1. The minimum atomic E-state index is -5.05. The highest BCUT2D eigenvalue weighted by atomic mass is 32.2. The summed E-state index contributed by atoms with van der Waals surface area (Å²) in [5, 5.41) is 2.40. The van der Waals surface area contributed by atoms with Crippen molar-refractivity contribution in [2.24, 2.45) is 7.05 Å². The van der Waals surface area contributed by atoms with E-state index in [1.807, 2.05) is 0 Å². The van der Waals surface area contributed by atoms with Crippen LogP contribution in [0.2, 0.25) is 0 Å². The second-order valence-electron chi connectivity index (χ2n) is 7.26. The van der Waals surface area contributed by atoms with Crippen LogP contribution in [-0.4, -0.2) is 51.2 Å². The standard InChI is InChI=1S/C17H14F7N5O2S/c1-28-7-25-15(27-28)13-8-5-12(26-14(8)10(18)6-9(13)16(19,20)21)32(30,31)29-4-2-3-11(29)17(22,23)24/h5-7,11,26H,2-4H2,1H3/t11-/m1/s1. The number of sulfonamides is 1. The Morgan fingerprint density at radius 3 is 2.41 bits per heavy atom. The normalized spacial score (nSPS) is 18.7. The van der Waals surface area contributed by atoms with E-state index in [0.717, 1.165) is 11.0 Å². The van der Waals surface area contributed by atoms with Crippen molar-refractivity contribution in [3.63, 3.8) is 0 Å². The molecule has 7 nitrogen and oxygen atoms in total. The highest BCUT2D eigenvalue weighted by Crippen LogP contribution is 2.43. The molecule has 4 rings (SSSR count). The molecule has 1 aromatic carbocycles. The molecule has 1 aliphatic heterocycles. The fourth-order valence-corrected chi connectivity index (χ4v) is 5.45. The number of rotatable bonds is 3. The lowest BCUT2D eigenvalue weighted by molar-refractivity contribution is -0.165. The second kappa shape index (κ2) is 7.16. The van der Waals surface area contributed by atoms with Crippen molar-refractivity contribution >= 4 is 20.9 Å². The lowest BCUT2D eigenvalue weighted by Gasteiger charge is -2.25. The van der Waals surface area contributed by atoms with Gasteiger partial charge in [0.25, 0.3) is 10.0 Å². The number of aromatic nitrogens is 4. The quantitative estimate of drug-likeness (QED) is 0.572. The molecular weight excluding hydrogens is 471 g/mol. The summed E-state index contributed by atoms with van der Waals surface area (Å²) in [4.78, 5) is 5.89. The van der Waals surface area contributed by atoms with Crippen LogP contribution in [0.15, 0.2) is 23.5 Å². The maximum absolute atomic E-state index is 14.6. The lowest BCUT2D eigenvalue weighted by Crippen LogP contribution is -2.44. The molecule has 0 bridgehead atoms. The van der Waals surface area contributed by atoms with Crippen molar-refractivity contribution in [1.82, 2.24) is 24.1 Å². The van der Waals surface area contributed by atoms with E-state index in [2.05, 4.69) is 15.1 Å². The van der Waals surface area contributed by atoms with Crippen LogP contribution in [0, 0.1) is 5.82 Å². The van der Waals surface area contributed by atoms with E-state index in [9.17, 15) is 39.2 Å². The molecule has 15 heteroatoms. The first-order chi connectivity index (χ1) is 14.7. The molecule has 1 atom stereocenters. The van der Waals surface area contributed by atoms with Crippen molar-refractivity contribution in [2.45, 2.75) is 36.3 Å². The summed E-state index contributed by atoms with van der Waals surface area (Å²) in [5.74, 6) is -1.88. The Morgan fingerprint density at radius 2 is 1.84 bits per heavy atom. The van der Waals surface area contributed by atoms with Gasteiger partial charge in [0.05, 0.1) is 11.1 Å². The molecular formula is C17H14F7N5O2S. The number of aryl methyl sites for hydroxylation is 1. The molecule has 32 heavy (non-hydrogen) atoms. The minimum Gasteiger partial charge on any atom is -0.342 e. The van der Waals surface area contributed by atoms with Crippen molar-refractivity contribution < 1.29 is 39.2 Å². The minimum absolute atomic E-state index is 0.0562. The SMILES string of the molecule is Cn1cnc(-c2c(C(F)(F)F)cc(F)c3[nH]c(S(=O)(=O)N4CCC[C@@H]4C(F)(F)F)cc23)n1. The molecule has 0 spiro atoms. The third-order valence-corrected chi connectivity index (χ3v) is 6.97. The van der Waals surface area contributed by atoms with E-state index in [1.54, 1.807) is 0 Å². The monoisotopic (exact) mass is 485 g/mol. The van der Waals surface area contributed by atoms with Crippen LogP contribution < -0.4 is 0 Å². The fraction of sp³-hybridized carbons (Fsp3) is 0.412. The average Bonchev–Trinajstić information content (AvgIpc) is 3.39. The first-order valence-corrected chi connectivity index (χ1v) is 10.5. The summed E-state index contributed by atoms with van der Waals surface area (Å²) in [5.41, 5.74) is -2.77. The molecule has 0 amide bonds. The zero-order valence-corrected chi connectivity index (χ0v) is 16.9. The topological polar surface area (TPSA) is 83.9 Å². The number of alkyl halides is 6. The molecule has 1 aliphatic rings. The van der Waals surface area contributed by atoms with Crippen LogP contribution in [0.3, 0.4) is 0 Å². The lowest BCUT2D eigenvalue weighted by atomic mass is 10.0. The molecule has 1 N–H and O–H groups in total. The number of H-pyrrole nitrogens is 1. The van der Waals surface area contributed by atoms with Gasteiger partial charge in [-0.1, -0.05) is 0 Å². The van der Waals surface area contributed by atoms with Crippen molar-refractivity contribution in [2.75, 3.05) is 6.54 Å². The summed E-state index contributed by atoms with van der Waals surface area (Å²) in [6, 6.07) is -1.44. The molecule has 0 aliphatic carbocycles. The molecule has 0 radical (unpaired) electrons. The van der Waals surface area contributed by atoms with Gasteiger partial charge in [-0.3, -0.25) is 4.68 Å². The molecule has 3 aromatic rings. The van der Waals surface area contributed by atoms with Gasteiger partial charge in [-0.05, 0) is 25.0 Å². The van der Waals surface area contributed by atoms with E-state index < -0.39 is 80.1 Å². The molecule has 1 saturated heterocycles. The third kappa shape index (κ3) is 3.62. The first kappa shape index (κ1) is 22.5. The third-order valence-electron chi connectivity index (χ3n) is 5.14. The van der Waals surface area contributed by atoms with Crippen molar-refractivity contribution in [3.05, 3.63) is 29.8 Å². The number of hydrogen-bond acceptors (Lipinski definition) is 4. The highest BCUT2D eigenvalue weighted by Gasteiger charge is 2.51. The molecule has 174 valence electrons. The largest absolute Gasteiger partial charge is 0.417 e. The first-order valence-electron chi connectivity index (χ1n) is 9.08. The van der Waals surface area contributed by atoms with E-state index in [1.165, 1.54) is 7.05 Å². The van der Waals surface area contributed by atoms with Gasteiger partial charge in [-0.15, -0.1) is 0 Å². The Bertz CT molecular complexity index is 1290. The maximum atomic E-state index is 14.6. The van der Waals surface area contributed by atoms with E-state index in [0.29, 0.717) is 6.07 Å². The Morgan fingerprint density at radius 1 is 1.16 bits per heavy atom. The Balaban J connectivity index is 1.96. The van der Waals surface area contributed by atoms with Gasteiger partial charge in [0.2, 0.25) is 0 Å². The van der Waals surface area contributed by atoms with Crippen LogP contribution in [0.4, 0.5) is 30.7 Å². The number of halogens is 7. The van der Waals surface area contributed by atoms with Crippen LogP contribution >= 0.6 is 0 Å². The summed E-state index contributed by atoms with van der Waals surface area (Å²) < 4.78 is 122. The zero-order valence-electron chi connectivity index (χ0n) is 16.1.